The normalized spacial score (nSPS) is 11.2. The van der Waals surface area contributed by atoms with Gasteiger partial charge in [-0.2, -0.15) is 0 Å². The number of nitrogens with one attached hydrogen (secondary N) is 3. The minimum absolute atomic E-state index is 0.171. The van der Waals surface area contributed by atoms with Crippen molar-refractivity contribution in [3.05, 3.63) is 23.7 Å². The molecular weight excluding hydrogens is 232 g/mol. The van der Waals surface area contributed by atoms with E-state index in [-0.39, 0.29) is 5.91 Å². The fourth-order valence-corrected chi connectivity index (χ4v) is 1.46. The highest BCUT2D eigenvalue weighted by molar-refractivity contribution is 5.92. The predicted octanol–water partition coefficient (Wildman–Crippen LogP) is 0.503. The minimum atomic E-state index is -0.171. The first-order valence-corrected chi connectivity index (χ1v) is 5.89. The summed E-state index contributed by atoms with van der Waals surface area (Å²) in [5.41, 5.74) is 0.848. The van der Waals surface area contributed by atoms with Crippen LogP contribution in [0.5, 0.6) is 0 Å². The number of aliphatic imine (C=N–C) groups is 1. The average Bonchev–Trinajstić information content (AvgIpc) is 2.80. The maximum Gasteiger partial charge on any atom is 0.287 e. The minimum Gasteiger partial charge on any atom is -0.459 e. The van der Waals surface area contributed by atoms with Crippen LogP contribution in [0.15, 0.2) is 21.7 Å². The van der Waals surface area contributed by atoms with Gasteiger partial charge in [0.25, 0.3) is 5.91 Å². The van der Waals surface area contributed by atoms with Gasteiger partial charge in [0.05, 0.1) is 6.26 Å². The van der Waals surface area contributed by atoms with E-state index >= 15 is 0 Å². The largest absolute Gasteiger partial charge is 0.459 e. The third kappa shape index (κ3) is 4.12. The molecule has 0 aliphatic heterocycles. The van der Waals surface area contributed by atoms with Crippen molar-refractivity contribution in [2.45, 2.75) is 13.3 Å². The van der Waals surface area contributed by atoms with Crippen LogP contribution in [-0.2, 0) is 0 Å². The van der Waals surface area contributed by atoms with Crippen molar-refractivity contribution >= 4 is 11.9 Å². The standard InChI is InChI=1S/C12H20N4O2/c1-9-5-8-18-10(9)11(17)15-6-4-7-16-12(13-2)14-3/h5,8H,4,6-7H2,1-3H3,(H,15,17)(H2,13,14,16). The van der Waals surface area contributed by atoms with Crippen molar-refractivity contribution in [1.82, 2.24) is 16.0 Å². The number of amides is 1. The molecule has 0 radical (unpaired) electrons. The van der Waals surface area contributed by atoms with Crippen LogP contribution in [0.1, 0.15) is 22.5 Å². The second kappa shape index (κ2) is 7.37. The van der Waals surface area contributed by atoms with Crippen LogP contribution in [0.3, 0.4) is 0 Å². The first kappa shape index (κ1) is 14.1. The van der Waals surface area contributed by atoms with Crippen molar-refractivity contribution < 1.29 is 9.21 Å². The highest BCUT2D eigenvalue weighted by Gasteiger charge is 2.11. The molecule has 0 saturated heterocycles. The quantitative estimate of drug-likeness (QED) is 0.405. The number of furan rings is 1. The number of nitrogens with zero attached hydrogens (tertiary/aromatic N) is 1. The Morgan fingerprint density at radius 3 is 2.67 bits per heavy atom. The van der Waals surface area contributed by atoms with Gasteiger partial charge in [0.2, 0.25) is 0 Å². The zero-order valence-electron chi connectivity index (χ0n) is 11.0. The van der Waals surface area contributed by atoms with Gasteiger partial charge in [-0.15, -0.1) is 0 Å². The molecule has 1 amide bonds. The second-order valence-corrected chi connectivity index (χ2v) is 3.79. The molecular formula is C12H20N4O2. The number of guanidine groups is 1. The molecule has 6 heteroatoms. The maximum atomic E-state index is 11.7. The molecule has 3 N–H and O–H groups in total. The van der Waals surface area contributed by atoms with Crippen LogP contribution in [-0.4, -0.2) is 39.1 Å². The Kier molecular flexibility index (Phi) is 5.76. The SMILES string of the molecule is CN=C(NC)NCCCNC(=O)c1occc1C. The van der Waals surface area contributed by atoms with Gasteiger partial charge in [0, 0.05) is 32.7 Å². The van der Waals surface area contributed by atoms with E-state index < -0.39 is 0 Å². The highest BCUT2D eigenvalue weighted by atomic mass is 16.3. The Balaban J connectivity index is 2.19. The van der Waals surface area contributed by atoms with Crippen LogP contribution >= 0.6 is 0 Å². The van der Waals surface area contributed by atoms with Crippen LogP contribution in [0, 0.1) is 6.92 Å². The van der Waals surface area contributed by atoms with Crippen molar-refractivity contribution in [3.8, 4) is 0 Å². The summed E-state index contributed by atoms with van der Waals surface area (Å²) >= 11 is 0. The molecule has 0 bridgehead atoms. The molecule has 0 atom stereocenters. The molecule has 100 valence electrons. The van der Waals surface area contributed by atoms with E-state index in [1.165, 1.54) is 6.26 Å². The lowest BCUT2D eigenvalue weighted by Gasteiger charge is -2.08. The van der Waals surface area contributed by atoms with Crippen LogP contribution in [0.2, 0.25) is 0 Å². The number of rotatable bonds is 5. The molecule has 0 aromatic carbocycles. The number of hydrogen-bond donors (Lipinski definition) is 3. The zero-order chi connectivity index (χ0) is 13.4. The van der Waals surface area contributed by atoms with Gasteiger partial charge in [-0.1, -0.05) is 0 Å². The van der Waals surface area contributed by atoms with E-state index in [0.29, 0.717) is 12.3 Å². The van der Waals surface area contributed by atoms with E-state index in [0.717, 1.165) is 24.5 Å². The van der Waals surface area contributed by atoms with E-state index in [1.54, 1.807) is 20.2 Å². The number of hydrogen-bond acceptors (Lipinski definition) is 3. The summed E-state index contributed by atoms with van der Waals surface area (Å²) < 4.78 is 5.10. The van der Waals surface area contributed by atoms with Gasteiger partial charge in [-0.25, -0.2) is 0 Å². The Bertz CT molecular complexity index is 412. The number of carbonyl (C=O) groups excluding carboxylic acids is 1. The Hall–Kier alpha value is -1.98. The molecule has 1 heterocycles. The fraction of sp³-hybridized carbons (Fsp3) is 0.500. The number of carbonyl (C=O) groups is 1. The maximum absolute atomic E-state index is 11.7. The first-order valence-electron chi connectivity index (χ1n) is 5.89. The van der Waals surface area contributed by atoms with Crippen molar-refractivity contribution in [3.63, 3.8) is 0 Å². The van der Waals surface area contributed by atoms with Gasteiger partial charge in [0.1, 0.15) is 0 Å². The summed E-state index contributed by atoms with van der Waals surface area (Å²) in [4.78, 5) is 15.7. The van der Waals surface area contributed by atoms with Crippen LogP contribution < -0.4 is 16.0 Å². The molecule has 0 fully saturated rings. The molecule has 0 spiro atoms. The van der Waals surface area contributed by atoms with Crippen LogP contribution in [0.25, 0.3) is 0 Å². The van der Waals surface area contributed by atoms with Crippen LogP contribution in [0.4, 0.5) is 0 Å². The van der Waals surface area contributed by atoms with E-state index in [1.807, 2.05) is 6.92 Å². The Morgan fingerprint density at radius 2 is 2.11 bits per heavy atom. The molecule has 1 aromatic heterocycles. The van der Waals surface area contributed by atoms with Gasteiger partial charge < -0.3 is 20.4 Å². The van der Waals surface area contributed by atoms with E-state index in [2.05, 4.69) is 20.9 Å². The van der Waals surface area contributed by atoms with Crippen molar-refractivity contribution in [1.29, 1.82) is 0 Å². The smallest absolute Gasteiger partial charge is 0.287 e. The molecule has 1 rings (SSSR count). The monoisotopic (exact) mass is 252 g/mol. The second-order valence-electron chi connectivity index (χ2n) is 3.79. The fourth-order valence-electron chi connectivity index (χ4n) is 1.46. The summed E-state index contributed by atoms with van der Waals surface area (Å²) in [6.07, 6.45) is 2.33. The molecule has 0 unspecified atom stereocenters. The Morgan fingerprint density at radius 1 is 1.39 bits per heavy atom. The molecule has 0 aliphatic rings. The molecule has 1 aromatic rings. The van der Waals surface area contributed by atoms with E-state index in [4.69, 9.17) is 4.42 Å². The number of aryl methyl sites for hydroxylation is 1. The molecule has 0 aliphatic carbocycles. The summed E-state index contributed by atoms with van der Waals surface area (Å²) in [5.74, 6) is 0.952. The van der Waals surface area contributed by atoms with Gasteiger partial charge in [0.15, 0.2) is 11.7 Å². The van der Waals surface area contributed by atoms with Gasteiger partial charge in [-0.05, 0) is 19.4 Å². The average molecular weight is 252 g/mol. The van der Waals surface area contributed by atoms with Crippen molar-refractivity contribution in [2.75, 3.05) is 27.2 Å². The lowest BCUT2D eigenvalue weighted by atomic mass is 10.2. The first-order chi connectivity index (χ1) is 8.69. The lowest BCUT2D eigenvalue weighted by Crippen LogP contribution is -2.36. The third-order valence-electron chi connectivity index (χ3n) is 2.46. The van der Waals surface area contributed by atoms with Gasteiger partial charge >= 0.3 is 0 Å². The molecule has 0 saturated carbocycles. The highest BCUT2D eigenvalue weighted by Crippen LogP contribution is 2.07. The Labute approximate surface area is 107 Å². The summed E-state index contributed by atoms with van der Waals surface area (Å²) in [6.45, 7) is 3.18. The third-order valence-corrected chi connectivity index (χ3v) is 2.46. The lowest BCUT2D eigenvalue weighted by molar-refractivity contribution is 0.0925. The summed E-state index contributed by atoms with van der Waals surface area (Å²) in [5, 5.41) is 8.82. The summed E-state index contributed by atoms with van der Waals surface area (Å²) in [7, 11) is 3.51. The molecule has 18 heavy (non-hydrogen) atoms. The van der Waals surface area contributed by atoms with E-state index in [9.17, 15) is 4.79 Å². The molecule has 6 nitrogen and oxygen atoms in total. The summed E-state index contributed by atoms with van der Waals surface area (Å²) in [6, 6.07) is 1.77. The predicted molar refractivity (Wildman–Crippen MR) is 70.8 cm³/mol. The zero-order valence-corrected chi connectivity index (χ0v) is 11.0. The van der Waals surface area contributed by atoms with Gasteiger partial charge in [-0.3, -0.25) is 9.79 Å². The van der Waals surface area contributed by atoms with Crippen molar-refractivity contribution in [2.24, 2.45) is 4.99 Å². The topological polar surface area (TPSA) is 78.7 Å².